The molecule has 21 heavy (non-hydrogen) atoms. The fourth-order valence-electron chi connectivity index (χ4n) is 3.37. The molecule has 2 aromatic rings. The van der Waals surface area contributed by atoms with E-state index in [-0.39, 0.29) is 0 Å². The summed E-state index contributed by atoms with van der Waals surface area (Å²) in [7, 11) is 1.68. The van der Waals surface area contributed by atoms with Crippen molar-refractivity contribution in [3.8, 4) is 5.75 Å². The van der Waals surface area contributed by atoms with Crippen LogP contribution in [-0.2, 0) is 18.4 Å². The average molecular weight is 282 g/mol. The summed E-state index contributed by atoms with van der Waals surface area (Å²) in [5, 5.41) is 11.2. The number of hydrogen-bond donors (Lipinski definition) is 1. The van der Waals surface area contributed by atoms with Crippen LogP contribution < -0.4 is 4.74 Å². The Labute approximate surface area is 126 Å². The Hall–Kier alpha value is -1.80. The predicted molar refractivity (Wildman–Crippen MR) is 84.8 cm³/mol. The van der Waals surface area contributed by atoms with E-state index in [0.717, 1.165) is 24.2 Å². The second-order valence-corrected chi connectivity index (χ2v) is 6.09. The highest BCUT2D eigenvalue weighted by molar-refractivity contribution is 5.43. The van der Waals surface area contributed by atoms with Crippen LogP contribution in [0.25, 0.3) is 0 Å². The molecule has 1 unspecified atom stereocenters. The van der Waals surface area contributed by atoms with Crippen LogP contribution >= 0.6 is 0 Å². The van der Waals surface area contributed by atoms with Crippen molar-refractivity contribution >= 4 is 0 Å². The van der Waals surface area contributed by atoms with Crippen molar-refractivity contribution in [3.05, 3.63) is 64.2 Å². The maximum absolute atomic E-state index is 11.2. The zero-order valence-electron chi connectivity index (χ0n) is 12.9. The van der Waals surface area contributed by atoms with E-state index in [1.807, 2.05) is 12.1 Å². The minimum absolute atomic E-state index is 0.657. The third-order valence-corrected chi connectivity index (χ3v) is 4.81. The Morgan fingerprint density at radius 2 is 1.90 bits per heavy atom. The molecule has 2 heteroatoms. The molecule has 0 fully saturated rings. The summed E-state index contributed by atoms with van der Waals surface area (Å²) in [6.07, 6.45) is 2.34. The van der Waals surface area contributed by atoms with Crippen LogP contribution in [0.4, 0.5) is 0 Å². The van der Waals surface area contributed by atoms with Crippen molar-refractivity contribution in [2.75, 3.05) is 7.11 Å². The first-order chi connectivity index (χ1) is 10.0. The highest BCUT2D eigenvalue weighted by Crippen LogP contribution is 2.39. The summed E-state index contributed by atoms with van der Waals surface area (Å²) in [6, 6.07) is 12.4. The van der Waals surface area contributed by atoms with Crippen LogP contribution in [0.1, 0.15) is 34.2 Å². The molecule has 1 aliphatic rings. The van der Waals surface area contributed by atoms with E-state index < -0.39 is 5.60 Å². The summed E-state index contributed by atoms with van der Waals surface area (Å²) < 4.78 is 5.32. The number of aryl methyl sites for hydroxylation is 2. The average Bonchev–Trinajstić information content (AvgIpc) is 2.49. The largest absolute Gasteiger partial charge is 0.497 e. The van der Waals surface area contributed by atoms with Gasteiger partial charge < -0.3 is 9.84 Å². The zero-order valence-corrected chi connectivity index (χ0v) is 12.9. The summed E-state index contributed by atoms with van der Waals surface area (Å²) in [6.45, 7) is 4.20. The van der Waals surface area contributed by atoms with Crippen LogP contribution in [-0.4, -0.2) is 12.2 Å². The van der Waals surface area contributed by atoms with E-state index in [4.69, 9.17) is 4.74 Å². The third-order valence-electron chi connectivity index (χ3n) is 4.81. The SMILES string of the molecule is COc1ccc2c(c1)CC(O)(c1cccc(C)c1C)CC2. The van der Waals surface area contributed by atoms with E-state index in [2.05, 4.69) is 38.1 Å². The van der Waals surface area contributed by atoms with Gasteiger partial charge in [-0.1, -0.05) is 24.3 Å². The fourth-order valence-corrected chi connectivity index (χ4v) is 3.37. The number of rotatable bonds is 2. The highest BCUT2D eigenvalue weighted by Gasteiger charge is 2.35. The maximum atomic E-state index is 11.2. The van der Waals surface area contributed by atoms with E-state index in [1.165, 1.54) is 22.3 Å². The first-order valence-corrected chi connectivity index (χ1v) is 7.48. The van der Waals surface area contributed by atoms with Crippen LogP contribution in [0.2, 0.25) is 0 Å². The van der Waals surface area contributed by atoms with Crippen molar-refractivity contribution in [2.45, 2.75) is 38.7 Å². The van der Waals surface area contributed by atoms with Crippen molar-refractivity contribution in [1.29, 1.82) is 0 Å². The van der Waals surface area contributed by atoms with E-state index >= 15 is 0 Å². The molecular weight excluding hydrogens is 260 g/mol. The van der Waals surface area contributed by atoms with E-state index in [9.17, 15) is 5.11 Å². The Bertz CT molecular complexity index is 675. The Balaban J connectivity index is 2.02. The van der Waals surface area contributed by atoms with E-state index in [0.29, 0.717) is 6.42 Å². The molecule has 0 saturated carbocycles. The normalized spacial score (nSPS) is 21.0. The Kier molecular flexibility index (Phi) is 3.50. The monoisotopic (exact) mass is 282 g/mol. The lowest BCUT2D eigenvalue weighted by molar-refractivity contribution is 0.0215. The van der Waals surface area contributed by atoms with E-state index in [1.54, 1.807) is 7.11 Å². The van der Waals surface area contributed by atoms with Crippen molar-refractivity contribution in [1.82, 2.24) is 0 Å². The minimum Gasteiger partial charge on any atom is -0.497 e. The lowest BCUT2D eigenvalue weighted by Gasteiger charge is -2.35. The quantitative estimate of drug-likeness (QED) is 0.910. The molecule has 0 spiro atoms. The highest BCUT2D eigenvalue weighted by atomic mass is 16.5. The van der Waals surface area contributed by atoms with Gasteiger partial charge in [-0.3, -0.25) is 0 Å². The van der Waals surface area contributed by atoms with Gasteiger partial charge in [0.25, 0.3) is 0 Å². The van der Waals surface area contributed by atoms with Gasteiger partial charge in [-0.15, -0.1) is 0 Å². The third kappa shape index (κ3) is 2.44. The van der Waals surface area contributed by atoms with Gasteiger partial charge in [0.15, 0.2) is 0 Å². The second-order valence-electron chi connectivity index (χ2n) is 6.09. The van der Waals surface area contributed by atoms with Gasteiger partial charge in [0, 0.05) is 6.42 Å². The lowest BCUT2D eigenvalue weighted by Crippen LogP contribution is -2.34. The first kappa shape index (κ1) is 14.2. The van der Waals surface area contributed by atoms with Gasteiger partial charge in [-0.05, 0) is 66.6 Å². The number of benzene rings is 2. The first-order valence-electron chi connectivity index (χ1n) is 7.48. The van der Waals surface area contributed by atoms with Crippen LogP contribution in [0.15, 0.2) is 36.4 Å². The van der Waals surface area contributed by atoms with Gasteiger partial charge in [0.1, 0.15) is 5.75 Å². The van der Waals surface area contributed by atoms with Crippen molar-refractivity contribution in [2.24, 2.45) is 0 Å². The summed E-state index contributed by atoms with van der Waals surface area (Å²) in [5.74, 6) is 0.860. The molecule has 0 heterocycles. The molecular formula is C19H22O2. The topological polar surface area (TPSA) is 29.5 Å². The van der Waals surface area contributed by atoms with Crippen molar-refractivity contribution < 1.29 is 9.84 Å². The molecule has 1 N–H and O–H groups in total. The van der Waals surface area contributed by atoms with Crippen molar-refractivity contribution in [3.63, 3.8) is 0 Å². The molecule has 2 aromatic carbocycles. The summed E-state index contributed by atoms with van der Waals surface area (Å²) in [4.78, 5) is 0. The van der Waals surface area contributed by atoms with Gasteiger partial charge in [0.2, 0.25) is 0 Å². The number of ether oxygens (including phenoxy) is 1. The Morgan fingerprint density at radius 3 is 2.67 bits per heavy atom. The molecule has 0 saturated heterocycles. The number of methoxy groups -OCH3 is 1. The van der Waals surface area contributed by atoms with Gasteiger partial charge in [0.05, 0.1) is 12.7 Å². The minimum atomic E-state index is -0.768. The molecule has 110 valence electrons. The second kappa shape index (κ2) is 5.19. The lowest BCUT2D eigenvalue weighted by atomic mass is 9.75. The molecule has 1 atom stereocenters. The van der Waals surface area contributed by atoms with Gasteiger partial charge >= 0.3 is 0 Å². The fraction of sp³-hybridized carbons (Fsp3) is 0.368. The number of aliphatic hydroxyl groups is 1. The number of hydrogen-bond acceptors (Lipinski definition) is 2. The molecule has 0 aliphatic heterocycles. The maximum Gasteiger partial charge on any atom is 0.119 e. The summed E-state index contributed by atoms with van der Waals surface area (Å²) in [5.41, 5.74) is 5.25. The molecule has 0 aromatic heterocycles. The zero-order chi connectivity index (χ0) is 15.0. The molecule has 1 aliphatic carbocycles. The van der Waals surface area contributed by atoms with Crippen LogP contribution in [0.3, 0.4) is 0 Å². The molecule has 0 amide bonds. The number of fused-ring (bicyclic) bond motifs is 1. The summed E-state index contributed by atoms with van der Waals surface area (Å²) >= 11 is 0. The smallest absolute Gasteiger partial charge is 0.119 e. The molecule has 2 nitrogen and oxygen atoms in total. The van der Waals surface area contributed by atoms with Crippen LogP contribution in [0.5, 0.6) is 5.75 Å². The Morgan fingerprint density at radius 1 is 1.10 bits per heavy atom. The standard InChI is InChI=1S/C19H22O2/c1-13-5-4-6-18(14(13)2)19(20)10-9-15-7-8-17(21-3)11-16(15)12-19/h4-8,11,20H,9-10,12H2,1-3H3. The van der Waals surface area contributed by atoms with Crippen LogP contribution in [0, 0.1) is 13.8 Å². The molecule has 3 rings (SSSR count). The van der Waals surface area contributed by atoms with Gasteiger partial charge in [-0.2, -0.15) is 0 Å². The predicted octanol–water partition coefficient (Wildman–Crippen LogP) is 3.69. The molecule has 0 bridgehead atoms. The van der Waals surface area contributed by atoms with Gasteiger partial charge in [-0.25, -0.2) is 0 Å². The molecule has 0 radical (unpaired) electrons.